The second-order valence-corrected chi connectivity index (χ2v) is 2.27. The quantitative estimate of drug-likeness (QED) is 0.543. The number of hydrogen-bond donors (Lipinski definition) is 0. The van der Waals surface area contributed by atoms with Crippen molar-refractivity contribution in [2.45, 2.75) is 13.3 Å². The minimum Gasteiger partial charge on any atom is -0.468 e. The van der Waals surface area contributed by atoms with E-state index in [-0.39, 0.29) is 6.42 Å². The molecule has 0 spiro atoms. The zero-order valence-corrected chi connectivity index (χ0v) is 6.42. The number of esters is 1. The molecular formula is C7H8N2O2. The number of methoxy groups -OCH3 is 1. The third-order valence-corrected chi connectivity index (χ3v) is 1.32. The number of rotatable bonds is 2. The van der Waals surface area contributed by atoms with E-state index in [9.17, 15) is 4.79 Å². The van der Waals surface area contributed by atoms with Gasteiger partial charge in [0.05, 0.1) is 25.7 Å². The molecule has 0 amide bonds. The van der Waals surface area contributed by atoms with Crippen molar-refractivity contribution in [2.75, 3.05) is 7.11 Å². The predicted molar refractivity (Wildman–Crippen MR) is 36.0 cm³/mol. The Morgan fingerprint density at radius 2 is 2.18 bits per heavy atom. The van der Waals surface area contributed by atoms with Crippen molar-refractivity contribution in [3.05, 3.63) is 0 Å². The monoisotopic (exact) mass is 152 g/mol. The van der Waals surface area contributed by atoms with Crippen LogP contribution in [0.2, 0.25) is 0 Å². The van der Waals surface area contributed by atoms with Gasteiger partial charge in [0.2, 0.25) is 0 Å². The summed E-state index contributed by atoms with van der Waals surface area (Å²) in [6.45, 7) is 1.38. The summed E-state index contributed by atoms with van der Waals surface area (Å²) < 4.78 is 4.35. The minimum atomic E-state index is -1.32. The lowest BCUT2D eigenvalue weighted by atomic mass is 9.90. The van der Waals surface area contributed by atoms with Crippen molar-refractivity contribution in [1.29, 1.82) is 10.5 Å². The molecule has 0 aromatic rings. The smallest absolute Gasteiger partial charge is 0.326 e. The zero-order chi connectivity index (χ0) is 8.91. The van der Waals surface area contributed by atoms with Crippen molar-refractivity contribution in [3.8, 4) is 12.1 Å². The molecule has 4 heteroatoms. The van der Waals surface area contributed by atoms with Gasteiger partial charge in [-0.2, -0.15) is 10.5 Å². The van der Waals surface area contributed by atoms with Crippen molar-refractivity contribution in [3.63, 3.8) is 0 Å². The molecule has 0 saturated carbocycles. The normalized spacial score (nSPS) is 13.8. The second kappa shape index (κ2) is 3.58. The van der Waals surface area contributed by atoms with Gasteiger partial charge in [0, 0.05) is 0 Å². The van der Waals surface area contributed by atoms with E-state index in [1.807, 2.05) is 0 Å². The Kier molecular flexibility index (Phi) is 3.07. The molecular weight excluding hydrogens is 144 g/mol. The van der Waals surface area contributed by atoms with Gasteiger partial charge in [-0.05, 0) is 6.92 Å². The van der Waals surface area contributed by atoms with Crippen molar-refractivity contribution in [2.24, 2.45) is 5.41 Å². The lowest BCUT2D eigenvalue weighted by molar-refractivity contribution is -0.148. The predicted octanol–water partition coefficient (Wildman–Crippen LogP) is 0.603. The molecule has 0 bridgehead atoms. The highest BCUT2D eigenvalue weighted by Crippen LogP contribution is 2.20. The fraction of sp³-hybridized carbons (Fsp3) is 0.571. The Morgan fingerprint density at radius 1 is 1.64 bits per heavy atom. The third kappa shape index (κ3) is 1.94. The highest BCUT2D eigenvalue weighted by molar-refractivity contribution is 5.79. The molecule has 0 saturated heterocycles. The summed E-state index contributed by atoms with van der Waals surface area (Å²) in [4.78, 5) is 10.9. The summed E-state index contributed by atoms with van der Waals surface area (Å²) in [5, 5.41) is 16.8. The van der Waals surface area contributed by atoms with Gasteiger partial charge in [-0.25, -0.2) is 0 Å². The number of carbonyl (C=O) groups is 1. The van der Waals surface area contributed by atoms with E-state index in [0.29, 0.717) is 0 Å². The molecule has 58 valence electrons. The van der Waals surface area contributed by atoms with Gasteiger partial charge >= 0.3 is 5.97 Å². The first-order chi connectivity index (χ1) is 5.10. The van der Waals surface area contributed by atoms with E-state index in [2.05, 4.69) is 4.74 Å². The molecule has 0 aromatic heterocycles. The van der Waals surface area contributed by atoms with Crippen LogP contribution in [0.3, 0.4) is 0 Å². The maximum atomic E-state index is 10.9. The van der Waals surface area contributed by atoms with Crippen LogP contribution in [0.15, 0.2) is 0 Å². The van der Waals surface area contributed by atoms with Crippen LogP contribution in [-0.4, -0.2) is 13.1 Å². The van der Waals surface area contributed by atoms with Crippen LogP contribution in [-0.2, 0) is 9.53 Å². The van der Waals surface area contributed by atoms with Gasteiger partial charge < -0.3 is 4.74 Å². The van der Waals surface area contributed by atoms with Crippen LogP contribution in [0, 0.1) is 28.1 Å². The molecule has 0 aliphatic heterocycles. The summed E-state index contributed by atoms with van der Waals surface area (Å²) in [7, 11) is 1.19. The topological polar surface area (TPSA) is 73.9 Å². The minimum absolute atomic E-state index is 0.143. The van der Waals surface area contributed by atoms with Gasteiger partial charge in [-0.3, -0.25) is 4.79 Å². The molecule has 1 atom stereocenters. The first-order valence-electron chi connectivity index (χ1n) is 2.97. The Balaban J connectivity index is 4.52. The van der Waals surface area contributed by atoms with Crippen LogP contribution in [0.1, 0.15) is 13.3 Å². The molecule has 0 rings (SSSR count). The maximum Gasteiger partial charge on any atom is 0.326 e. The summed E-state index contributed by atoms with van der Waals surface area (Å²) in [6, 6.07) is 3.48. The van der Waals surface area contributed by atoms with Gasteiger partial charge in [-0.1, -0.05) is 0 Å². The van der Waals surface area contributed by atoms with Gasteiger partial charge in [-0.15, -0.1) is 0 Å². The fourth-order valence-electron chi connectivity index (χ4n) is 0.541. The van der Waals surface area contributed by atoms with Crippen LogP contribution in [0.5, 0.6) is 0 Å². The van der Waals surface area contributed by atoms with E-state index in [4.69, 9.17) is 10.5 Å². The Hall–Kier alpha value is -1.55. The molecule has 0 aliphatic carbocycles. The summed E-state index contributed by atoms with van der Waals surface area (Å²) in [5.41, 5.74) is -1.32. The van der Waals surface area contributed by atoms with E-state index in [1.165, 1.54) is 14.0 Å². The maximum absolute atomic E-state index is 10.9. The number of nitriles is 2. The molecule has 1 unspecified atom stereocenters. The van der Waals surface area contributed by atoms with Crippen LogP contribution >= 0.6 is 0 Å². The summed E-state index contributed by atoms with van der Waals surface area (Å²) in [6.07, 6.45) is -0.143. The lowest BCUT2D eigenvalue weighted by Crippen LogP contribution is -2.26. The fourth-order valence-corrected chi connectivity index (χ4v) is 0.541. The second-order valence-electron chi connectivity index (χ2n) is 2.27. The number of carbonyl (C=O) groups excluding carboxylic acids is 1. The van der Waals surface area contributed by atoms with E-state index >= 15 is 0 Å². The molecule has 4 nitrogen and oxygen atoms in total. The lowest BCUT2D eigenvalue weighted by Gasteiger charge is -2.13. The first-order valence-corrected chi connectivity index (χ1v) is 2.97. The van der Waals surface area contributed by atoms with E-state index < -0.39 is 11.4 Å². The number of hydrogen-bond acceptors (Lipinski definition) is 4. The molecule has 0 heterocycles. The standard InChI is InChI=1S/C7H8N2O2/c1-7(5-9,3-4-8)6(10)11-2/h3H2,1-2H3. The van der Waals surface area contributed by atoms with Gasteiger partial charge in [0.15, 0.2) is 5.41 Å². The third-order valence-electron chi connectivity index (χ3n) is 1.32. The van der Waals surface area contributed by atoms with E-state index in [0.717, 1.165) is 0 Å². The van der Waals surface area contributed by atoms with Crippen molar-refractivity contribution >= 4 is 5.97 Å². The molecule has 0 radical (unpaired) electrons. The van der Waals surface area contributed by atoms with Crippen LogP contribution in [0.25, 0.3) is 0 Å². The van der Waals surface area contributed by atoms with Crippen LogP contribution < -0.4 is 0 Å². The van der Waals surface area contributed by atoms with Crippen LogP contribution in [0.4, 0.5) is 0 Å². The summed E-state index contributed by atoms with van der Waals surface area (Å²) in [5.74, 6) is -0.665. The molecule has 11 heavy (non-hydrogen) atoms. The Labute approximate surface area is 65.0 Å². The van der Waals surface area contributed by atoms with Crippen molar-refractivity contribution < 1.29 is 9.53 Å². The first kappa shape index (κ1) is 9.45. The summed E-state index contributed by atoms with van der Waals surface area (Å²) >= 11 is 0. The highest BCUT2D eigenvalue weighted by atomic mass is 16.5. The average molecular weight is 152 g/mol. The number of nitrogens with zero attached hydrogens (tertiary/aromatic N) is 2. The Morgan fingerprint density at radius 3 is 2.45 bits per heavy atom. The SMILES string of the molecule is COC(=O)C(C)(C#N)CC#N. The van der Waals surface area contributed by atoms with Crippen molar-refractivity contribution in [1.82, 2.24) is 0 Å². The Bertz CT molecular complexity index is 236. The molecule has 0 fully saturated rings. The van der Waals surface area contributed by atoms with Gasteiger partial charge in [0.1, 0.15) is 0 Å². The van der Waals surface area contributed by atoms with Gasteiger partial charge in [0.25, 0.3) is 0 Å². The zero-order valence-electron chi connectivity index (χ0n) is 6.42. The highest BCUT2D eigenvalue weighted by Gasteiger charge is 2.34. The number of ether oxygens (including phenoxy) is 1. The molecule has 0 N–H and O–H groups in total. The average Bonchev–Trinajstić information content (AvgIpc) is 2.03. The molecule has 0 aliphatic rings. The largest absolute Gasteiger partial charge is 0.468 e. The molecule has 0 aromatic carbocycles. The van der Waals surface area contributed by atoms with E-state index in [1.54, 1.807) is 12.1 Å².